The maximum atomic E-state index is 4.29. The summed E-state index contributed by atoms with van der Waals surface area (Å²) in [6, 6.07) is 0.822. The monoisotopic (exact) mass is 459 g/mol. The predicted octanol–water partition coefficient (Wildman–Crippen LogP) is 10.4. The molecule has 3 aliphatic rings. The van der Waals surface area contributed by atoms with Gasteiger partial charge in [-0.05, 0) is 50.0 Å². The largest absolute Gasteiger partial charge is 0.313 e. The van der Waals surface area contributed by atoms with E-state index in [0.717, 1.165) is 23.8 Å². The van der Waals surface area contributed by atoms with E-state index in [1.54, 1.807) is 0 Å². The summed E-state index contributed by atoms with van der Waals surface area (Å²) in [6.07, 6.45) is 40.5. The maximum Gasteiger partial charge on any atom is 0.0126 e. The predicted molar refractivity (Wildman–Crippen MR) is 147 cm³/mol. The van der Waals surface area contributed by atoms with E-state index < -0.39 is 0 Å². The Morgan fingerprint density at radius 3 is 1.09 bits per heavy atom. The first-order valence-corrected chi connectivity index (χ1v) is 16.2. The molecular formula is C32H61N. The molecule has 2 aliphatic carbocycles. The molecule has 0 amide bonds. The lowest BCUT2D eigenvalue weighted by atomic mass is 9.70. The molecule has 1 heteroatoms. The molecule has 1 N–H and O–H groups in total. The molecule has 1 heterocycles. The molecule has 2 saturated carbocycles. The lowest BCUT2D eigenvalue weighted by Gasteiger charge is -2.40. The van der Waals surface area contributed by atoms with E-state index in [4.69, 9.17) is 0 Å². The van der Waals surface area contributed by atoms with Gasteiger partial charge in [-0.1, -0.05) is 148 Å². The molecule has 1 aliphatic heterocycles. The first-order valence-electron chi connectivity index (χ1n) is 16.2. The molecule has 3 rings (SSSR count). The van der Waals surface area contributed by atoms with Crippen molar-refractivity contribution in [1.82, 2.24) is 5.32 Å². The minimum absolute atomic E-state index is 0.822. The molecule has 0 bridgehead atoms. The van der Waals surface area contributed by atoms with Gasteiger partial charge in [-0.2, -0.15) is 0 Å². The van der Waals surface area contributed by atoms with Gasteiger partial charge in [-0.3, -0.25) is 0 Å². The number of nitrogens with one attached hydrogen (secondary N) is 1. The van der Waals surface area contributed by atoms with Gasteiger partial charge in [0.15, 0.2) is 0 Å². The molecule has 3 unspecified atom stereocenters. The van der Waals surface area contributed by atoms with Crippen LogP contribution in [0.2, 0.25) is 0 Å². The Morgan fingerprint density at radius 1 is 0.303 bits per heavy atom. The van der Waals surface area contributed by atoms with E-state index in [0.29, 0.717) is 0 Å². The number of hydrogen-bond donors (Lipinski definition) is 1. The lowest BCUT2D eigenvalue weighted by molar-refractivity contribution is 0.138. The van der Waals surface area contributed by atoms with Gasteiger partial charge in [0.1, 0.15) is 0 Å². The van der Waals surface area contributed by atoms with Crippen LogP contribution >= 0.6 is 0 Å². The van der Waals surface area contributed by atoms with Crippen molar-refractivity contribution in [3.05, 3.63) is 0 Å². The van der Waals surface area contributed by atoms with E-state index >= 15 is 0 Å². The Morgan fingerprint density at radius 2 is 0.636 bits per heavy atom. The van der Waals surface area contributed by atoms with Gasteiger partial charge in [0.05, 0.1) is 0 Å². The molecule has 3 atom stereocenters. The van der Waals surface area contributed by atoms with Crippen LogP contribution in [0.3, 0.4) is 0 Å². The average Bonchev–Trinajstić information content (AvgIpc) is 2.85. The van der Waals surface area contributed by atoms with E-state index in [-0.39, 0.29) is 0 Å². The third kappa shape index (κ3) is 11.5. The Kier molecular flexibility index (Phi) is 15.2. The second-order valence-electron chi connectivity index (χ2n) is 12.4. The van der Waals surface area contributed by atoms with E-state index in [9.17, 15) is 0 Å². The van der Waals surface area contributed by atoms with Crippen LogP contribution in [0.4, 0.5) is 0 Å². The molecule has 1 saturated heterocycles. The first-order chi connectivity index (χ1) is 16.4. The van der Waals surface area contributed by atoms with Crippen molar-refractivity contribution in [2.75, 3.05) is 6.54 Å². The summed E-state index contributed by atoms with van der Waals surface area (Å²) in [4.78, 5) is 0. The van der Waals surface area contributed by atoms with Crippen molar-refractivity contribution >= 4 is 0 Å². The minimum Gasteiger partial charge on any atom is -0.313 e. The smallest absolute Gasteiger partial charge is 0.0126 e. The van der Waals surface area contributed by atoms with Crippen molar-refractivity contribution in [3.8, 4) is 0 Å². The summed E-state index contributed by atoms with van der Waals surface area (Å²) in [5, 5.41) is 4.29. The van der Waals surface area contributed by atoms with Crippen LogP contribution in [0.1, 0.15) is 173 Å². The minimum atomic E-state index is 0.822. The molecule has 33 heavy (non-hydrogen) atoms. The van der Waals surface area contributed by atoms with Gasteiger partial charge >= 0.3 is 0 Å². The van der Waals surface area contributed by atoms with Crippen molar-refractivity contribution in [2.45, 2.75) is 179 Å². The highest BCUT2D eigenvalue weighted by atomic mass is 14.9. The topological polar surface area (TPSA) is 12.0 Å². The number of hydrogen-bond acceptors (Lipinski definition) is 1. The summed E-state index contributed by atoms with van der Waals surface area (Å²) >= 11 is 0. The second kappa shape index (κ2) is 18.3. The highest BCUT2D eigenvalue weighted by Gasteiger charge is 2.33. The zero-order valence-electron chi connectivity index (χ0n) is 22.6. The molecular weight excluding hydrogens is 398 g/mol. The molecule has 3 fully saturated rings. The Hall–Kier alpha value is -0.0400. The lowest BCUT2D eigenvalue weighted by Crippen LogP contribution is -2.46. The first kappa shape index (κ1) is 27.5. The summed E-state index contributed by atoms with van der Waals surface area (Å²) in [5.74, 6) is 2.91. The molecule has 0 aromatic heterocycles. The summed E-state index contributed by atoms with van der Waals surface area (Å²) < 4.78 is 0. The van der Waals surface area contributed by atoms with E-state index in [1.807, 2.05) is 0 Å². The third-order valence-electron chi connectivity index (χ3n) is 9.72. The normalized spacial score (nSPS) is 32.5. The van der Waals surface area contributed by atoms with Crippen LogP contribution in [-0.4, -0.2) is 12.6 Å². The van der Waals surface area contributed by atoms with Crippen LogP contribution < -0.4 is 5.32 Å². The van der Waals surface area contributed by atoms with Gasteiger partial charge in [-0.25, -0.2) is 0 Å². The van der Waals surface area contributed by atoms with Crippen LogP contribution in [0.5, 0.6) is 0 Å². The van der Waals surface area contributed by atoms with Crippen LogP contribution in [0.15, 0.2) is 0 Å². The molecule has 0 spiro atoms. The standard InChI is InChI=1S/C32H61N/c1-2-4-7-12-18-24-29(23-17-11-6-3-1)31-27-21-15-9-5-8-13-19-25-30-26-20-14-10-16-22-28-33-32(30)31/h29-33H,1-28H2. The van der Waals surface area contributed by atoms with Crippen LogP contribution in [0, 0.1) is 17.8 Å². The van der Waals surface area contributed by atoms with Crippen LogP contribution in [-0.2, 0) is 0 Å². The van der Waals surface area contributed by atoms with Gasteiger partial charge in [0.2, 0.25) is 0 Å². The third-order valence-corrected chi connectivity index (χ3v) is 9.72. The number of rotatable bonds is 1. The van der Waals surface area contributed by atoms with E-state index in [1.165, 1.54) is 180 Å². The second-order valence-corrected chi connectivity index (χ2v) is 12.4. The van der Waals surface area contributed by atoms with Crippen molar-refractivity contribution in [2.24, 2.45) is 17.8 Å². The summed E-state index contributed by atoms with van der Waals surface area (Å²) in [7, 11) is 0. The zero-order valence-corrected chi connectivity index (χ0v) is 22.6. The maximum absolute atomic E-state index is 4.29. The number of fused-ring (bicyclic) bond motifs is 1. The highest BCUT2D eigenvalue weighted by molar-refractivity contribution is 4.88. The summed E-state index contributed by atoms with van der Waals surface area (Å²) in [6.45, 7) is 1.30. The quantitative estimate of drug-likeness (QED) is 0.411. The van der Waals surface area contributed by atoms with Gasteiger partial charge in [-0.15, -0.1) is 0 Å². The molecule has 0 aromatic rings. The highest BCUT2D eigenvalue weighted by Crippen LogP contribution is 2.38. The fraction of sp³-hybridized carbons (Fsp3) is 1.00. The Labute approximate surface area is 209 Å². The zero-order chi connectivity index (χ0) is 22.8. The molecule has 0 radical (unpaired) electrons. The fourth-order valence-corrected chi connectivity index (χ4v) is 7.68. The van der Waals surface area contributed by atoms with Crippen molar-refractivity contribution in [1.29, 1.82) is 0 Å². The van der Waals surface area contributed by atoms with E-state index in [2.05, 4.69) is 5.32 Å². The van der Waals surface area contributed by atoms with Gasteiger partial charge < -0.3 is 5.32 Å². The van der Waals surface area contributed by atoms with Gasteiger partial charge in [0.25, 0.3) is 0 Å². The Balaban J connectivity index is 1.74. The van der Waals surface area contributed by atoms with Crippen molar-refractivity contribution in [3.63, 3.8) is 0 Å². The summed E-state index contributed by atoms with van der Waals surface area (Å²) in [5.41, 5.74) is 0. The Bertz CT molecular complexity index is 432. The molecule has 1 nitrogen and oxygen atoms in total. The van der Waals surface area contributed by atoms with Crippen LogP contribution in [0.25, 0.3) is 0 Å². The van der Waals surface area contributed by atoms with Gasteiger partial charge in [0, 0.05) is 6.04 Å². The fourth-order valence-electron chi connectivity index (χ4n) is 7.68. The average molecular weight is 460 g/mol. The molecule has 0 aromatic carbocycles. The molecule has 194 valence electrons. The SMILES string of the molecule is C1CCCCCCC(C2CCCCCCCCCC3CCCCCCCNC32)CCCCC1. The van der Waals surface area contributed by atoms with Crippen molar-refractivity contribution < 1.29 is 0 Å².